The molecular formula is C19H17N3OS. The Kier molecular flexibility index (Phi) is 3.58. The number of aromatic amines is 1. The van der Waals surface area contributed by atoms with E-state index in [0.717, 1.165) is 43.1 Å². The highest BCUT2D eigenvalue weighted by Crippen LogP contribution is 2.26. The van der Waals surface area contributed by atoms with E-state index in [1.807, 2.05) is 56.3 Å². The van der Waals surface area contributed by atoms with E-state index in [9.17, 15) is 4.79 Å². The molecule has 0 atom stereocenters. The third kappa shape index (κ3) is 2.67. The SMILES string of the molecule is Cc1nc2ccc(NC(=O)Cc3c(C)[nH]c4ccccc34)cc2s1. The van der Waals surface area contributed by atoms with Crippen LogP contribution in [0, 0.1) is 13.8 Å². The van der Waals surface area contributed by atoms with Gasteiger partial charge >= 0.3 is 0 Å². The van der Waals surface area contributed by atoms with Crippen molar-refractivity contribution >= 4 is 44.1 Å². The first-order valence-corrected chi connectivity index (χ1v) is 8.65. The van der Waals surface area contributed by atoms with E-state index in [4.69, 9.17) is 0 Å². The van der Waals surface area contributed by atoms with Crippen molar-refractivity contribution in [2.24, 2.45) is 0 Å². The molecule has 0 unspecified atom stereocenters. The van der Waals surface area contributed by atoms with Crippen molar-refractivity contribution in [1.29, 1.82) is 0 Å². The highest BCUT2D eigenvalue weighted by atomic mass is 32.1. The molecule has 120 valence electrons. The van der Waals surface area contributed by atoms with E-state index < -0.39 is 0 Å². The lowest BCUT2D eigenvalue weighted by molar-refractivity contribution is -0.115. The molecular weight excluding hydrogens is 318 g/mol. The summed E-state index contributed by atoms with van der Waals surface area (Å²) in [5, 5.41) is 5.14. The number of hydrogen-bond acceptors (Lipinski definition) is 3. The normalized spacial score (nSPS) is 11.2. The fraction of sp³-hybridized carbons (Fsp3) is 0.158. The van der Waals surface area contributed by atoms with Gasteiger partial charge in [-0.15, -0.1) is 11.3 Å². The molecule has 0 bridgehead atoms. The van der Waals surface area contributed by atoms with Crippen LogP contribution in [-0.4, -0.2) is 15.9 Å². The van der Waals surface area contributed by atoms with Gasteiger partial charge in [0.25, 0.3) is 0 Å². The van der Waals surface area contributed by atoms with Gasteiger partial charge in [-0.05, 0) is 43.7 Å². The van der Waals surface area contributed by atoms with Crippen LogP contribution in [0.25, 0.3) is 21.1 Å². The van der Waals surface area contributed by atoms with Crippen molar-refractivity contribution < 1.29 is 4.79 Å². The van der Waals surface area contributed by atoms with Gasteiger partial charge < -0.3 is 10.3 Å². The monoisotopic (exact) mass is 335 g/mol. The summed E-state index contributed by atoms with van der Waals surface area (Å²) in [6.07, 6.45) is 0.357. The number of benzene rings is 2. The van der Waals surface area contributed by atoms with Crippen molar-refractivity contribution in [2.45, 2.75) is 20.3 Å². The molecule has 5 heteroatoms. The number of anilines is 1. The van der Waals surface area contributed by atoms with Crippen molar-refractivity contribution in [3.8, 4) is 0 Å². The zero-order chi connectivity index (χ0) is 16.7. The lowest BCUT2D eigenvalue weighted by Gasteiger charge is -2.06. The molecule has 0 radical (unpaired) electrons. The smallest absolute Gasteiger partial charge is 0.228 e. The Hall–Kier alpha value is -2.66. The summed E-state index contributed by atoms with van der Waals surface area (Å²) in [5.74, 6) is -0.0107. The summed E-state index contributed by atoms with van der Waals surface area (Å²) in [6.45, 7) is 4.00. The second-order valence-electron chi connectivity index (χ2n) is 5.91. The van der Waals surface area contributed by atoms with Gasteiger partial charge in [-0.2, -0.15) is 0 Å². The topological polar surface area (TPSA) is 57.8 Å². The molecule has 2 aromatic heterocycles. The summed E-state index contributed by atoms with van der Waals surface area (Å²) >= 11 is 1.64. The summed E-state index contributed by atoms with van der Waals surface area (Å²) in [7, 11) is 0. The Morgan fingerprint density at radius 2 is 2.04 bits per heavy atom. The van der Waals surface area contributed by atoms with Crippen molar-refractivity contribution in [2.75, 3.05) is 5.32 Å². The number of carbonyl (C=O) groups excluding carboxylic acids is 1. The zero-order valence-electron chi connectivity index (χ0n) is 13.5. The number of hydrogen-bond donors (Lipinski definition) is 2. The molecule has 0 aliphatic rings. The van der Waals surface area contributed by atoms with Gasteiger partial charge in [-0.1, -0.05) is 18.2 Å². The molecule has 4 nitrogen and oxygen atoms in total. The lowest BCUT2D eigenvalue weighted by atomic mass is 10.1. The first-order valence-electron chi connectivity index (χ1n) is 7.83. The zero-order valence-corrected chi connectivity index (χ0v) is 14.3. The van der Waals surface area contributed by atoms with Crippen molar-refractivity contribution in [3.63, 3.8) is 0 Å². The van der Waals surface area contributed by atoms with E-state index >= 15 is 0 Å². The number of aryl methyl sites for hydroxylation is 2. The van der Waals surface area contributed by atoms with Crippen LogP contribution in [0.3, 0.4) is 0 Å². The minimum Gasteiger partial charge on any atom is -0.358 e. The summed E-state index contributed by atoms with van der Waals surface area (Å²) in [5.41, 5.74) is 4.95. The second kappa shape index (κ2) is 5.76. The largest absolute Gasteiger partial charge is 0.358 e. The van der Waals surface area contributed by atoms with Crippen molar-refractivity contribution in [3.05, 3.63) is 58.7 Å². The summed E-state index contributed by atoms with van der Waals surface area (Å²) < 4.78 is 1.09. The third-order valence-electron chi connectivity index (χ3n) is 4.14. The van der Waals surface area contributed by atoms with Crippen LogP contribution in [0.15, 0.2) is 42.5 Å². The molecule has 0 aliphatic carbocycles. The Morgan fingerprint density at radius 3 is 2.92 bits per heavy atom. The van der Waals surface area contributed by atoms with E-state index in [1.54, 1.807) is 11.3 Å². The predicted octanol–water partition coefficient (Wildman–Crippen LogP) is 4.58. The second-order valence-corrected chi connectivity index (χ2v) is 7.15. The van der Waals surface area contributed by atoms with Crippen LogP contribution >= 0.6 is 11.3 Å². The fourth-order valence-corrected chi connectivity index (χ4v) is 3.91. The number of nitrogens with zero attached hydrogens (tertiary/aromatic N) is 1. The van der Waals surface area contributed by atoms with Crippen molar-refractivity contribution in [1.82, 2.24) is 9.97 Å². The molecule has 0 saturated carbocycles. The number of aromatic nitrogens is 2. The van der Waals surface area contributed by atoms with Gasteiger partial charge in [0, 0.05) is 22.3 Å². The minimum absolute atomic E-state index is 0.0107. The molecule has 2 N–H and O–H groups in total. The van der Waals surface area contributed by atoms with Crippen LogP contribution in [0.5, 0.6) is 0 Å². The van der Waals surface area contributed by atoms with Crippen LogP contribution in [0.1, 0.15) is 16.3 Å². The molecule has 2 aromatic carbocycles. The number of carbonyl (C=O) groups is 1. The molecule has 4 aromatic rings. The Morgan fingerprint density at radius 1 is 1.21 bits per heavy atom. The number of nitrogens with one attached hydrogen (secondary N) is 2. The van der Waals surface area contributed by atoms with E-state index in [0.29, 0.717) is 6.42 Å². The maximum Gasteiger partial charge on any atom is 0.228 e. The molecule has 4 rings (SSSR count). The van der Waals surface area contributed by atoms with Crippen LogP contribution < -0.4 is 5.32 Å². The maximum absolute atomic E-state index is 12.5. The van der Waals surface area contributed by atoms with E-state index in [1.165, 1.54) is 0 Å². The molecule has 2 heterocycles. The van der Waals surface area contributed by atoms with Gasteiger partial charge in [-0.25, -0.2) is 4.98 Å². The quantitative estimate of drug-likeness (QED) is 0.576. The highest BCUT2D eigenvalue weighted by molar-refractivity contribution is 7.18. The van der Waals surface area contributed by atoms with E-state index in [2.05, 4.69) is 15.3 Å². The Bertz CT molecular complexity index is 1060. The third-order valence-corrected chi connectivity index (χ3v) is 5.08. The summed E-state index contributed by atoms with van der Waals surface area (Å²) in [4.78, 5) is 20.3. The number of para-hydroxylation sites is 1. The molecule has 0 spiro atoms. The molecule has 0 saturated heterocycles. The number of H-pyrrole nitrogens is 1. The van der Waals surface area contributed by atoms with Crippen LogP contribution in [0.4, 0.5) is 5.69 Å². The summed E-state index contributed by atoms with van der Waals surface area (Å²) in [6, 6.07) is 13.9. The first kappa shape index (κ1) is 14.9. The lowest BCUT2D eigenvalue weighted by Crippen LogP contribution is -2.14. The van der Waals surface area contributed by atoms with Gasteiger partial charge in [-0.3, -0.25) is 4.79 Å². The fourth-order valence-electron chi connectivity index (χ4n) is 3.05. The number of rotatable bonds is 3. The standard InChI is InChI=1S/C19H17N3OS/c1-11-15(14-5-3-4-6-16(14)20-11)10-19(23)22-13-7-8-17-18(9-13)24-12(2)21-17/h3-9,20H,10H2,1-2H3,(H,22,23). The molecule has 24 heavy (non-hydrogen) atoms. The Balaban J connectivity index is 1.57. The number of amides is 1. The average molecular weight is 335 g/mol. The molecule has 0 fully saturated rings. The number of fused-ring (bicyclic) bond motifs is 2. The van der Waals surface area contributed by atoms with Gasteiger partial charge in [0.1, 0.15) is 0 Å². The predicted molar refractivity (Wildman–Crippen MR) is 99.7 cm³/mol. The number of thiazole rings is 1. The molecule has 1 amide bonds. The minimum atomic E-state index is -0.0107. The van der Waals surface area contributed by atoms with Crippen LogP contribution in [-0.2, 0) is 11.2 Å². The average Bonchev–Trinajstić information content (AvgIpc) is 3.06. The first-order chi connectivity index (χ1) is 11.6. The molecule has 0 aliphatic heterocycles. The van der Waals surface area contributed by atoms with Gasteiger partial charge in [0.2, 0.25) is 5.91 Å². The van der Waals surface area contributed by atoms with E-state index in [-0.39, 0.29) is 5.91 Å². The maximum atomic E-state index is 12.5. The van der Waals surface area contributed by atoms with Gasteiger partial charge in [0.15, 0.2) is 0 Å². The van der Waals surface area contributed by atoms with Crippen LogP contribution in [0.2, 0.25) is 0 Å². The van der Waals surface area contributed by atoms with Gasteiger partial charge in [0.05, 0.1) is 21.6 Å². The Labute approximate surface area is 143 Å². The highest BCUT2D eigenvalue weighted by Gasteiger charge is 2.12.